The average Bonchev–Trinajstić information content (AvgIpc) is 3.14. The van der Waals surface area contributed by atoms with Crippen molar-refractivity contribution in [2.24, 2.45) is 0 Å². The number of aromatic nitrogens is 1. The van der Waals surface area contributed by atoms with Crippen molar-refractivity contribution in [3.63, 3.8) is 0 Å². The summed E-state index contributed by atoms with van der Waals surface area (Å²) in [5.74, 6) is 0.313. The van der Waals surface area contributed by atoms with Crippen molar-refractivity contribution in [3.8, 4) is 0 Å². The number of carbonyl (C=O) groups excluding carboxylic acids is 2. The predicted molar refractivity (Wildman–Crippen MR) is 114 cm³/mol. The fourth-order valence-electron chi connectivity index (χ4n) is 3.04. The maximum absolute atomic E-state index is 12.4. The minimum atomic E-state index is -0.135. The Balaban J connectivity index is 1.33. The Morgan fingerprint density at radius 2 is 1.89 bits per heavy atom. The number of thiazole rings is 1. The fourth-order valence-corrected chi connectivity index (χ4v) is 4.84. The first kappa shape index (κ1) is 18.7. The number of carbonyl (C=O) groups is 2. The van der Waals surface area contributed by atoms with Gasteiger partial charge in [0.05, 0.1) is 11.4 Å². The lowest BCUT2D eigenvalue weighted by Gasteiger charge is -2.28. The van der Waals surface area contributed by atoms with Gasteiger partial charge in [0.15, 0.2) is 5.13 Å². The number of nitrogens with one attached hydrogen (secondary N) is 1. The van der Waals surface area contributed by atoms with Crippen molar-refractivity contribution in [3.05, 3.63) is 71.2 Å². The van der Waals surface area contributed by atoms with E-state index >= 15 is 0 Å². The van der Waals surface area contributed by atoms with E-state index in [-0.39, 0.29) is 18.2 Å². The average molecular weight is 410 g/mol. The third kappa shape index (κ3) is 4.43. The first-order valence-electron chi connectivity index (χ1n) is 9.00. The number of amides is 2. The van der Waals surface area contributed by atoms with Gasteiger partial charge in [-0.3, -0.25) is 9.59 Å². The Bertz CT molecular complexity index is 988. The standard InChI is InChI=1S/C21H19N3O2S2/c25-19(10-11-24-17-8-4-5-9-18(17)27-14-20(24)26)23-21-22-13-16(28-21)12-15-6-2-1-3-7-15/h1-9,13H,10-12,14H2,(H,22,23,25). The molecule has 2 aromatic carbocycles. The molecule has 1 aliphatic rings. The highest BCUT2D eigenvalue weighted by Crippen LogP contribution is 2.34. The van der Waals surface area contributed by atoms with Gasteiger partial charge in [0, 0.05) is 35.4 Å². The summed E-state index contributed by atoms with van der Waals surface area (Å²) in [5.41, 5.74) is 2.10. The number of anilines is 2. The van der Waals surface area contributed by atoms with Crippen LogP contribution in [0.2, 0.25) is 0 Å². The van der Waals surface area contributed by atoms with E-state index in [1.807, 2.05) is 42.5 Å². The van der Waals surface area contributed by atoms with Gasteiger partial charge in [0.2, 0.25) is 11.8 Å². The number of para-hydroxylation sites is 1. The first-order valence-corrected chi connectivity index (χ1v) is 10.8. The summed E-state index contributed by atoms with van der Waals surface area (Å²) in [4.78, 5) is 32.8. The summed E-state index contributed by atoms with van der Waals surface area (Å²) in [6, 6.07) is 18.0. The molecule has 0 spiro atoms. The zero-order valence-electron chi connectivity index (χ0n) is 15.1. The van der Waals surface area contributed by atoms with Crippen molar-refractivity contribution in [2.45, 2.75) is 17.7 Å². The lowest BCUT2D eigenvalue weighted by molar-refractivity contribution is -0.117. The lowest BCUT2D eigenvalue weighted by Crippen LogP contribution is -2.37. The molecule has 2 amide bonds. The van der Waals surface area contributed by atoms with Crippen LogP contribution in [0.1, 0.15) is 16.9 Å². The van der Waals surface area contributed by atoms with Crippen LogP contribution in [0.3, 0.4) is 0 Å². The topological polar surface area (TPSA) is 62.3 Å². The molecule has 0 bridgehead atoms. The van der Waals surface area contributed by atoms with Gasteiger partial charge in [-0.1, -0.05) is 42.5 Å². The zero-order chi connectivity index (χ0) is 19.3. The molecular weight excluding hydrogens is 390 g/mol. The van der Waals surface area contributed by atoms with Crippen molar-refractivity contribution in [2.75, 3.05) is 22.5 Å². The highest BCUT2D eigenvalue weighted by atomic mass is 32.2. The van der Waals surface area contributed by atoms with Crippen LogP contribution in [0.5, 0.6) is 0 Å². The minimum Gasteiger partial charge on any atom is -0.310 e. The molecule has 0 radical (unpaired) electrons. The van der Waals surface area contributed by atoms with Crippen LogP contribution in [0, 0.1) is 0 Å². The molecule has 1 aliphatic heterocycles. The smallest absolute Gasteiger partial charge is 0.237 e. The molecule has 0 aliphatic carbocycles. The first-order chi connectivity index (χ1) is 13.7. The predicted octanol–water partition coefficient (Wildman–Crippen LogP) is 4.20. The normalized spacial score (nSPS) is 13.3. The summed E-state index contributed by atoms with van der Waals surface area (Å²) in [5, 5.41) is 3.45. The SMILES string of the molecule is O=C(CCN1C(=O)CSc2ccccc21)Nc1ncc(Cc2ccccc2)s1. The summed E-state index contributed by atoms with van der Waals surface area (Å²) in [6.45, 7) is 0.366. The third-order valence-corrected chi connectivity index (χ3v) is 6.35. The second kappa shape index (κ2) is 8.58. The van der Waals surface area contributed by atoms with E-state index in [9.17, 15) is 9.59 Å². The van der Waals surface area contributed by atoms with Crippen molar-refractivity contribution >= 4 is 45.7 Å². The van der Waals surface area contributed by atoms with Crippen LogP contribution in [-0.2, 0) is 16.0 Å². The van der Waals surface area contributed by atoms with Crippen molar-refractivity contribution in [1.29, 1.82) is 0 Å². The largest absolute Gasteiger partial charge is 0.310 e. The zero-order valence-corrected chi connectivity index (χ0v) is 16.8. The molecule has 7 heteroatoms. The maximum atomic E-state index is 12.4. The Labute approximate surface area is 171 Å². The monoisotopic (exact) mass is 409 g/mol. The maximum Gasteiger partial charge on any atom is 0.237 e. The molecule has 1 aromatic heterocycles. The molecule has 0 atom stereocenters. The molecular formula is C21H19N3O2S2. The molecule has 0 saturated heterocycles. The third-order valence-electron chi connectivity index (χ3n) is 4.39. The molecule has 4 rings (SSSR count). The number of nitrogens with zero attached hydrogens (tertiary/aromatic N) is 2. The lowest BCUT2D eigenvalue weighted by atomic mass is 10.1. The van der Waals surface area contributed by atoms with Crippen molar-refractivity contribution < 1.29 is 9.59 Å². The van der Waals surface area contributed by atoms with Gasteiger partial charge < -0.3 is 10.2 Å². The fraction of sp³-hybridized carbons (Fsp3) is 0.190. The molecule has 2 heterocycles. The second-order valence-electron chi connectivity index (χ2n) is 6.39. The minimum absolute atomic E-state index is 0.0379. The van der Waals surface area contributed by atoms with E-state index in [4.69, 9.17) is 0 Å². The van der Waals surface area contributed by atoms with Gasteiger partial charge in [-0.25, -0.2) is 4.98 Å². The molecule has 1 N–H and O–H groups in total. The molecule has 0 fully saturated rings. The molecule has 0 unspecified atom stereocenters. The van der Waals surface area contributed by atoms with E-state index < -0.39 is 0 Å². The number of hydrogen-bond donors (Lipinski definition) is 1. The summed E-state index contributed by atoms with van der Waals surface area (Å²) < 4.78 is 0. The number of thioether (sulfide) groups is 1. The Kier molecular flexibility index (Phi) is 5.73. The van der Waals surface area contributed by atoms with E-state index in [1.54, 1.807) is 22.9 Å². The van der Waals surface area contributed by atoms with Gasteiger partial charge >= 0.3 is 0 Å². The van der Waals surface area contributed by atoms with Gasteiger partial charge in [-0.2, -0.15) is 0 Å². The Hall–Kier alpha value is -2.64. The second-order valence-corrected chi connectivity index (χ2v) is 8.53. The number of fused-ring (bicyclic) bond motifs is 1. The van der Waals surface area contributed by atoms with Crippen LogP contribution in [0.15, 0.2) is 65.7 Å². The van der Waals surface area contributed by atoms with Gasteiger partial charge in [-0.15, -0.1) is 23.1 Å². The van der Waals surface area contributed by atoms with Crippen LogP contribution >= 0.6 is 23.1 Å². The van der Waals surface area contributed by atoms with Crippen LogP contribution in [0.25, 0.3) is 0 Å². The summed E-state index contributed by atoms with van der Waals surface area (Å²) in [7, 11) is 0. The summed E-state index contributed by atoms with van der Waals surface area (Å²) >= 11 is 3.02. The van der Waals surface area contributed by atoms with E-state index in [1.165, 1.54) is 16.9 Å². The van der Waals surface area contributed by atoms with Gasteiger partial charge in [-0.05, 0) is 17.7 Å². The number of benzene rings is 2. The van der Waals surface area contributed by atoms with Gasteiger partial charge in [0.25, 0.3) is 0 Å². The highest BCUT2D eigenvalue weighted by molar-refractivity contribution is 8.00. The van der Waals surface area contributed by atoms with Crippen LogP contribution in [-0.4, -0.2) is 29.1 Å². The number of rotatable bonds is 6. The highest BCUT2D eigenvalue weighted by Gasteiger charge is 2.24. The molecule has 28 heavy (non-hydrogen) atoms. The molecule has 3 aromatic rings. The number of hydrogen-bond acceptors (Lipinski definition) is 5. The Morgan fingerprint density at radius 3 is 2.75 bits per heavy atom. The van der Waals surface area contributed by atoms with E-state index in [0.717, 1.165) is 21.9 Å². The molecule has 0 saturated carbocycles. The molecule has 142 valence electrons. The van der Waals surface area contributed by atoms with Crippen LogP contribution in [0.4, 0.5) is 10.8 Å². The van der Waals surface area contributed by atoms with Crippen LogP contribution < -0.4 is 10.2 Å². The van der Waals surface area contributed by atoms with E-state index in [2.05, 4.69) is 22.4 Å². The molecule has 5 nitrogen and oxygen atoms in total. The van der Waals surface area contributed by atoms with Crippen molar-refractivity contribution in [1.82, 2.24) is 4.98 Å². The van der Waals surface area contributed by atoms with E-state index in [0.29, 0.717) is 17.4 Å². The Morgan fingerprint density at radius 1 is 1.11 bits per heavy atom. The quantitative estimate of drug-likeness (QED) is 0.663. The summed E-state index contributed by atoms with van der Waals surface area (Å²) in [6.07, 6.45) is 2.83. The van der Waals surface area contributed by atoms with Gasteiger partial charge in [0.1, 0.15) is 0 Å².